The van der Waals surface area contributed by atoms with Crippen molar-refractivity contribution in [3.05, 3.63) is 24.3 Å². The van der Waals surface area contributed by atoms with Crippen LogP contribution in [0.25, 0.3) is 0 Å². The van der Waals surface area contributed by atoms with Gasteiger partial charge in [-0.15, -0.1) is 0 Å². The summed E-state index contributed by atoms with van der Waals surface area (Å²) < 4.78 is 50.6. The van der Waals surface area contributed by atoms with Gasteiger partial charge in [0.15, 0.2) is 9.84 Å². The Hall–Kier alpha value is -0.770. The van der Waals surface area contributed by atoms with Crippen LogP contribution < -0.4 is 0 Å². The summed E-state index contributed by atoms with van der Waals surface area (Å²) in [6, 6.07) is 5.56. The molecule has 1 fully saturated rings. The van der Waals surface area contributed by atoms with Gasteiger partial charge in [0.05, 0.1) is 0 Å². The maximum atomic E-state index is 12.7. The summed E-state index contributed by atoms with van der Waals surface area (Å²) in [5.74, 6) is 0.250. The van der Waals surface area contributed by atoms with Gasteiger partial charge in [0.1, 0.15) is 16.0 Å². The second kappa shape index (κ2) is 6.15. The summed E-state index contributed by atoms with van der Waals surface area (Å²) in [5, 5.41) is 8.68. The minimum atomic E-state index is -4.04. The highest BCUT2D eigenvalue weighted by Gasteiger charge is 2.41. The number of phenols is 1. The van der Waals surface area contributed by atoms with Crippen molar-refractivity contribution in [3.8, 4) is 5.75 Å². The Balaban J connectivity index is 2.49. The molecule has 1 aliphatic heterocycles. The Morgan fingerprint density at radius 1 is 1.29 bits per heavy atom. The van der Waals surface area contributed by atoms with E-state index in [0.29, 0.717) is 5.75 Å². The zero-order valence-electron chi connectivity index (χ0n) is 11.5. The molecule has 1 atom stereocenters. The minimum Gasteiger partial charge on any atom is -0.507 e. The molecule has 6 nitrogen and oxygen atoms in total. The predicted molar refractivity (Wildman–Crippen MR) is 82.6 cm³/mol. The zero-order chi connectivity index (χ0) is 15.7. The quantitative estimate of drug-likeness (QED) is 0.866. The van der Waals surface area contributed by atoms with Crippen molar-refractivity contribution in [1.82, 2.24) is 4.31 Å². The number of benzene rings is 1. The molecule has 1 aliphatic rings. The third-order valence-electron chi connectivity index (χ3n) is 3.31. The first-order valence-electron chi connectivity index (χ1n) is 6.40. The fraction of sp³-hybridized carbons (Fsp3) is 0.500. The van der Waals surface area contributed by atoms with Crippen LogP contribution in [0.4, 0.5) is 0 Å². The fourth-order valence-electron chi connectivity index (χ4n) is 2.12. The first-order valence-corrected chi connectivity index (χ1v) is 10.7. The van der Waals surface area contributed by atoms with E-state index >= 15 is 0 Å². The van der Waals surface area contributed by atoms with Gasteiger partial charge < -0.3 is 5.11 Å². The number of hydrogen-bond acceptors (Lipinski definition) is 6. The number of aromatic hydroxyl groups is 1. The van der Waals surface area contributed by atoms with E-state index in [1.807, 2.05) is 0 Å². The summed E-state index contributed by atoms with van der Waals surface area (Å²) in [7, 11) is -7.57. The second-order valence-electron chi connectivity index (χ2n) is 4.56. The molecule has 0 saturated carbocycles. The largest absolute Gasteiger partial charge is 0.507 e. The van der Waals surface area contributed by atoms with Crippen molar-refractivity contribution < 1.29 is 21.9 Å². The van der Waals surface area contributed by atoms with Crippen LogP contribution in [0.1, 0.15) is 6.92 Å². The Labute approximate surface area is 129 Å². The molecule has 1 saturated heterocycles. The van der Waals surface area contributed by atoms with Crippen LogP contribution in [0.3, 0.4) is 0 Å². The lowest BCUT2D eigenvalue weighted by atomic mass is 10.3. The van der Waals surface area contributed by atoms with Gasteiger partial charge in [-0.1, -0.05) is 19.1 Å². The van der Waals surface area contributed by atoms with Crippen LogP contribution in [0.2, 0.25) is 0 Å². The molecule has 0 amide bonds. The third kappa shape index (κ3) is 3.20. The second-order valence-corrected chi connectivity index (χ2v) is 10.0. The monoisotopic (exact) mass is 351 g/mol. The molecule has 1 heterocycles. The first-order chi connectivity index (χ1) is 9.80. The van der Waals surface area contributed by atoms with E-state index in [4.69, 9.17) is 0 Å². The number of phenolic OH excluding ortho intramolecular Hbond substituents is 1. The number of rotatable bonds is 4. The molecule has 0 radical (unpaired) electrons. The summed E-state index contributed by atoms with van der Waals surface area (Å²) in [5.41, 5.74) is 0. The normalized spacial score (nSPS) is 21.3. The highest BCUT2D eigenvalue weighted by Crippen LogP contribution is 2.31. The lowest BCUT2D eigenvalue weighted by Gasteiger charge is -2.33. The number of thioether (sulfide) groups is 1. The van der Waals surface area contributed by atoms with Crippen molar-refractivity contribution in [1.29, 1.82) is 0 Å². The number of hydrogen-bond donors (Lipinski definition) is 1. The number of nitrogens with zero attached hydrogens (tertiary/aromatic N) is 1. The summed E-state index contributed by atoms with van der Waals surface area (Å²) in [6.07, 6.45) is 0. The Morgan fingerprint density at radius 3 is 2.57 bits per heavy atom. The fourth-order valence-corrected chi connectivity index (χ4v) is 7.45. The number of sulfone groups is 1. The maximum absolute atomic E-state index is 12.7. The highest BCUT2D eigenvalue weighted by molar-refractivity contribution is 8.01. The van der Waals surface area contributed by atoms with E-state index in [2.05, 4.69) is 0 Å². The van der Waals surface area contributed by atoms with E-state index in [1.54, 1.807) is 0 Å². The molecular weight excluding hydrogens is 334 g/mol. The van der Waals surface area contributed by atoms with E-state index in [-0.39, 0.29) is 28.7 Å². The van der Waals surface area contributed by atoms with Gasteiger partial charge in [0, 0.05) is 23.8 Å². The molecule has 9 heteroatoms. The molecule has 1 N–H and O–H groups in total. The van der Waals surface area contributed by atoms with E-state index in [1.165, 1.54) is 43.0 Å². The lowest BCUT2D eigenvalue weighted by molar-refractivity contribution is 0.397. The predicted octanol–water partition coefficient (Wildman–Crippen LogP) is 0.890. The van der Waals surface area contributed by atoms with E-state index in [0.717, 1.165) is 4.31 Å². The van der Waals surface area contributed by atoms with E-state index < -0.39 is 25.2 Å². The summed E-state index contributed by atoms with van der Waals surface area (Å²) >= 11 is 1.42. The van der Waals surface area contributed by atoms with Crippen molar-refractivity contribution in [2.75, 3.05) is 23.8 Å². The maximum Gasteiger partial charge on any atom is 0.247 e. The van der Waals surface area contributed by atoms with Crippen molar-refractivity contribution in [2.45, 2.75) is 17.2 Å². The van der Waals surface area contributed by atoms with Crippen molar-refractivity contribution >= 4 is 31.6 Å². The van der Waals surface area contributed by atoms with Gasteiger partial charge in [-0.05, 0) is 12.1 Å². The van der Waals surface area contributed by atoms with Crippen molar-refractivity contribution in [3.63, 3.8) is 0 Å². The smallest absolute Gasteiger partial charge is 0.247 e. The Morgan fingerprint density at radius 2 is 1.95 bits per heavy atom. The topological polar surface area (TPSA) is 91.8 Å². The van der Waals surface area contributed by atoms with Gasteiger partial charge >= 0.3 is 0 Å². The molecule has 1 aromatic carbocycles. The zero-order valence-corrected chi connectivity index (χ0v) is 13.9. The Bertz CT molecular complexity index is 714. The van der Waals surface area contributed by atoms with Crippen LogP contribution in [0.15, 0.2) is 29.2 Å². The van der Waals surface area contributed by atoms with Crippen LogP contribution in [0, 0.1) is 0 Å². The van der Waals surface area contributed by atoms with Gasteiger partial charge in [0.25, 0.3) is 0 Å². The number of para-hydroxylation sites is 1. The molecule has 21 heavy (non-hydrogen) atoms. The standard InChI is InChI=1S/C12H17NO5S3/c1-2-20(15,16)12-9-19-8-7-13(12)21(17,18)11-6-4-3-5-10(11)14/h3-6,12,14H,2,7-9H2,1H3. The number of sulfonamides is 1. The third-order valence-corrected chi connectivity index (χ3v) is 8.68. The molecule has 0 bridgehead atoms. The SMILES string of the molecule is CCS(=O)(=O)C1CSCCN1S(=O)(=O)c1ccccc1O. The molecule has 2 rings (SSSR count). The van der Waals surface area contributed by atoms with Crippen LogP contribution in [0.5, 0.6) is 5.75 Å². The molecule has 118 valence electrons. The highest BCUT2D eigenvalue weighted by atomic mass is 32.2. The first kappa shape index (κ1) is 16.6. The molecular formula is C12H17NO5S3. The molecule has 1 aromatic rings. The molecule has 0 aliphatic carbocycles. The minimum absolute atomic E-state index is 0.116. The van der Waals surface area contributed by atoms with Crippen molar-refractivity contribution in [2.24, 2.45) is 0 Å². The van der Waals surface area contributed by atoms with Gasteiger partial charge in [-0.3, -0.25) is 0 Å². The van der Waals surface area contributed by atoms with Crippen LogP contribution >= 0.6 is 11.8 Å². The lowest BCUT2D eigenvalue weighted by Crippen LogP contribution is -2.50. The molecule has 0 aromatic heterocycles. The van der Waals surface area contributed by atoms with Gasteiger partial charge in [-0.25, -0.2) is 16.8 Å². The van der Waals surface area contributed by atoms with Gasteiger partial charge in [0.2, 0.25) is 10.0 Å². The van der Waals surface area contributed by atoms with Crippen LogP contribution in [-0.4, -0.2) is 55.4 Å². The average molecular weight is 351 g/mol. The summed E-state index contributed by atoms with van der Waals surface area (Å²) in [4.78, 5) is -0.256. The Kier molecular flexibility index (Phi) is 4.86. The molecule has 0 spiro atoms. The average Bonchev–Trinajstić information content (AvgIpc) is 2.47. The summed E-state index contributed by atoms with van der Waals surface area (Å²) in [6.45, 7) is 1.62. The molecule has 1 unspecified atom stereocenters. The van der Waals surface area contributed by atoms with Gasteiger partial charge in [-0.2, -0.15) is 16.1 Å². The van der Waals surface area contributed by atoms with E-state index in [9.17, 15) is 21.9 Å². The van der Waals surface area contributed by atoms with Crippen LogP contribution in [-0.2, 0) is 19.9 Å².